The first-order valence-corrected chi connectivity index (χ1v) is 10.3. The number of ether oxygens (including phenoxy) is 1. The number of hydrogen-bond donors (Lipinski definition) is 1. The SMILES string of the molecule is CCc1oc(-c2ccc(OCC(F)(F)F)c(C)c2)nc1-c1cccc2c1ccn2CC(N)=O. The smallest absolute Gasteiger partial charge is 0.422 e. The number of nitrogens with zero attached hydrogens (tertiary/aromatic N) is 2. The van der Waals surface area contributed by atoms with Gasteiger partial charge in [0.15, 0.2) is 6.61 Å². The van der Waals surface area contributed by atoms with E-state index in [2.05, 4.69) is 0 Å². The number of amides is 1. The van der Waals surface area contributed by atoms with Crippen LogP contribution in [-0.2, 0) is 17.8 Å². The predicted octanol–water partition coefficient (Wildman–Crippen LogP) is 5.26. The third-order valence-electron chi connectivity index (χ3n) is 5.23. The van der Waals surface area contributed by atoms with E-state index in [1.807, 2.05) is 31.2 Å². The molecule has 0 saturated heterocycles. The minimum Gasteiger partial charge on any atom is -0.484 e. The Bertz CT molecular complexity index is 1320. The molecule has 6 nitrogen and oxygen atoms in total. The molecule has 1 amide bonds. The van der Waals surface area contributed by atoms with Gasteiger partial charge in [-0.25, -0.2) is 4.98 Å². The van der Waals surface area contributed by atoms with E-state index in [9.17, 15) is 18.0 Å². The second-order valence-electron chi connectivity index (χ2n) is 7.68. The Balaban J connectivity index is 1.71. The number of nitrogens with two attached hydrogens (primary N) is 1. The van der Waals surface area contributed by atoms with E-state index in [-0.39, 0.29) is 12.3 Å². The fourth-order valence-electron chi connectivity index (χ4n) is 3.76. The largest absolute Gasteiger partial charge is 0.484 e. The zero-order chi connectivity index (χ0) is 23.8. The number of halogens is 3. The number of primary amides is 1. The Morgan fingerprint density at radius 2 is 2.00 bits per heavy atom. The molecule has 0 unspecified atom stereocenters. The zero-order valence-electron chi connectivity index (χ0n) is 18.1. The lowest BCUT2D eigenvalue weighted by molar-refractivity contribution is -0.153. The van der Waals surface area contributed by atoms with Crippen LogP contribution in [0, 0.1) is 6.92 Å². The van der Waals surface area contributed by atoms with Gasteiger partial charge in [0.2, 0.25) is 11.8 Å². The molecule has 4 rings (SSSR count). The normalized spacial score (nSPS) is 11.8. The number of oxazole rings is 1. The number of carbonyl (C=O) groups is 1. The summed E-state index contributed by atoms with van der Waals surface area (Å²) in [5, 5.41) is 0.903. The summed E-state index contributed by atoms with van der Waals surface area (Å²) in [6.07, 6.45) is -2.02. The zero-order valence-corrected chi connectivity index (χ0v) is 18.1. The molecule has 4 aromatic rings. The van der Waals surface area contributed by atoms with Gasteiger partial charge in [0.25, 0.3) is 0 Å². The number of carbonyl (C=O) groups excluding carboxylic acids is 1. The van der Waals surface area contributed by atoms with Gasteiger partial charge in [0.05, 0.1) is 0 Å². The van der Waals surface area contributed by atoms with Crippen LogP contribution in [-0.4, -0.2) is 28.2 Å². The summed E-state index contributed by atoms with van der Waals surface area (Å²) < 4.78 is 50.1. The molecule has 2 N–H and O–H groups in total. The van der Waals surface area contributed by atoms with Crippen LogP contribution >= 0.6 is 0 Å². The molecule has 0 aliphatic rings. The number of hydrogen-bond acceptors (Lipinski definition) is 4. The van der Waals surface area contributed by atoms with Crippen LogP contribution in [0.2, 0.25) is 0 Å². The number of fused-ring (bicyclic) bond motifs is 1. The minimum absolute atomic E-state index is 0.0691. The highest BCUT2D eigenvalue weighted by Crippen LogP contribution is 2.35. The van der Waals surface area contributed by atoms with Crippen LogP contribution in [0.4, 0.5) is 13.2 Å². The van der Waals surface area contributed by atoms with Crippen LogP contribution in [0.25, 0.3) is 33.6 Å². The third kappa shape index (κ3) is 4.72. The monoisotopic (exact) mass is 457 g/mol. The average Bonchev–Trinajstić information content (AvgIpc) is 3.36. The third-order valence-corrected chi connectivity index (χ3v) is 5.23. The summed E-state index contributed by atoms with van der Waals surface area (Å²) in [6, 6.07) is 12.4. The van der Waals surface area contributed by atoms with Gasteiger partial charge in [-0.3, -0.25) is 4.79 Å². The summed E-state index contributed by atoms with van der Waals surface area (Å²) in [5.41, 5.74) is 8.89. The van der Waals surface area contributed by atoms with E-state index in [0.29, 0.717) is 34.9 Å². The lowest BCUT2D eigenvalue weighted by Gasteiger charge is -2.11. The first kappa shape index (κ1) is 22.4. The first-order valence-electron chi connectivity index (χ1n) is 10.3. The molecule has 172 valence electrons. The van der Waals surface area contributed by atoms with E-state index < -0.39 is 18.7 Å². The van der Waals surface area contributed by atoms with Crippen molar-refractivity contribution in [2.75, 3.05) is 6.61 Å². The molecule has 0 saturated carbocycles. The summed E-state index contributed by atoms with van der Waals surface area (Å²) in [6.45, 7) is 2.34. The maximum atomic E-state index is 12.5. The van der Waals surface area contributed by atoms with Gasteiger partial charge < -0.3 is 19.5 Å². The van der Waals surface area contributed by atoms with Crippen molar-refractivity contribution in [2.24, 2.45) is 5.73 Å². The fourth-order valence-corrected chi connectivity index (χ4v) is 3.76. The average molecular weight is 457 g/mol. The maximum Gasteiger partial charge on any atom is 0.422 e. The Hall–Kier alpha value is -3.75. The standard InChI is InChI=1S/C24H22F3N3O3/c1-3-19-22(17-5-4-6-18-16(17)9-10-30(18)12-21(28)31)29-23(33-19)15-7-8-20(14(2)11-15)32-13-24(25,26)27/h4-11H,3,12-13H2,1-2H3,(H2,28,31). The predicted molar refractivity (Wildman–Crippen MR) is 118 cm³/mol. The number of aryl methyl sites for hydroxylation is 2. The molecule has 0 atom stereocenters. The second kappa shape index (κ2) is 8.65. The van der Waals surface area contributed by atoms with Crippen molar-refractivity contribution >= 4 is 16.8 Å². The lowest BCUT2D eigenvalue weighted by atomic mass is 10.1. The van der Waals surface area contributed by atoms with E-state index in [4.69, 9.17) is 19.9 Å². The fraction of sp³-hybridized carbons (Fsp3) is 0.250. The summed E-state index contributed by atoms with van der Waals surface area (Å²) in [4.78, 5) is 16.1. The molecule has 2 aromatic heterocycles. The second-order valence-corrected chi connectivity index (χ2v) is 7.68. The van der Waals surface area contributed by atoms with E-state index >= 15 is 0 Å². The van der Waals surface area contributed by atoms with Gasteiger partial charge in [-0.15, -0.1) is 0 Å². The molecule has 0 aliphatic carbocycles. The number of rotatable bonds is 7. The highest BCUT2D eigenvalue weighted by atomic mass is 19.4. The Morgan fingerprint density at radius 1 is 1.21 bits per heavy atom. The minimum atomic E-state index is -4.41. The highest BCUT2D eigenvalue weighted by Gasteiger charge is 2.28. The Labute approximate surface area is 187 Å². The van der Waals surface area contributed by atoms with Crippen LogP contribution in [0.5, 0.6) is 5.75 Å². The van der Waals surface area contributed by atoms with E-state index in [1.54, 1.807) is 29.8 Å². The van der Waals surface area contributed by atoms with Crippen LogP contribution in [0.15, 0.2) is 53.1 Å². The quantitative estimate of drug-likeness (QED) is 0.410. The molecule has 0 radical (unpaired) electrons. The number of alkyl halides is 3. The van der Waals surface area contributed by atoms with Gasteiger partial charge in [-0.2, -0.15) is 13.2 Å². The van der Waals surface area contributed by atoms with Crippen molar-refractivity contribution in [2.45, 2.75) is 33.0 Å². The van der Waals surface area contributed by atoms with E-state index in [1.165, 1.54) is 6.07 Å². The van der Waals surface area contributed by atoms with Gasteiger partial charge in [-0.1, -0.05) is 19.1 Å². The van der Waals surface area contributed by atoms with Gasteiger partial charge in [0.1, 0.15) is 23.7 Å². The van der Waals surface area contributed by atoms with Gasteiger partial charge >= 0.3 is 6.18 Å². The molecule has 9 heteroatoms. The topological polar surface area (TPSA) is 83.3 Å². The van der Waals surface area contributed by atoms with Crippen molar-refractivity contribution in [3.63, 3.8) is 0 Å². The molecular weight excluding hydrogens is 435 g/mol. The van der Waals surface area contributed by atoms with Crippen molar-refractivity contribution < 1.29 is 27.1 Å². The highest BCUT2D eigenvalue weighted by molar-refractivity contribution is 5.96. The Morgan fingerprint density at radius 3 is 2.67 bits per heavy atom. The number of benzene rings is 2. The van der Waals surface area contributed by atoms with Crippen molar-refractivity contribution in [3.8, 4) is 28.5 Å². The molecule has 0 bridgehead atoms. The molecule has 0 spiro atoms. The van der Waals surface area contributed by atoms with Crippen LogP contribution < -0.4 is 10.5 Å². The molecule has 0 aliphatic heterocycles. The van der Waals surface area contributed by atoms with Crippen molar-refractivity contribution in [1.82, 2.24) is 9.55 Å². The molecule has 2 heterocycles. The molecule has 0 fully saturated rings. The van der Waals surface area contributed by atoms with Crippen molar-refractivity contribution in [1.29, 1.82) is 0 Å². The maximum absolute atomic E-state index is 12.5. The van der Waals surface area contributed by atoms with Crippen molar-refractivity contribution in [3.05, 3.63) is 60.0 Å². The van der Waals surface area contributed by atoms with E-state index in [0.717, 1.165) is 16.5 Å². The summed E-state index contributed by atoms with van der Waals surface area (Å²) in [7, 11) is 0. The summed E-state index contributed by atoms with van der Waals surface area (Å²) >= 11 is 0. The molecule has 33 heavy (non-hydrogen) atoms. The Kier molecular flexibility index (Phi) is 5.88. The van der Waals surface area contributed by atoms with Crippen LogP contribution in [0.3, 0.4) is 0 Å². The molecular formula is C24H22F3N3O3. The first-order chi connectivity index (χ1) is 15.7. The lowest BCUT2D eigenvalue weighted by Crippen LogP contribution is -2.19. The van der Waals surface area contributed by atoms with Crippen LogP contribution in [0.1, 0.15) is 18.2 Å². The summed E-state index contributed by atoms with van der Waals surface area (Å²) in [5.74, 6) is 0.754. The van der Waals surface area contributed by atoms with Gasteiger partial charge in [0, 0.05) is 34.6 Å². The number of aromatic nitrogens is 2. The molecule has 2 aromatic carbocycles. The van der Waals surface area contributed by atoms with Gasteiger partial charge in [-0.05, 0) is 42.8 Å².